The predicted molar refractivity (Wildman–Crippen MR) is 141 cm³/mol. The van der Waals surface area contributed by atoms with Crippen LogP contribution in [0.2, 0.25) is 0 Å². The van der Waals surface area contributed by atoms with Crippen LogP contribution in [0.25, 0.3) is 27.8 Å². The molecule has 0 bridgehead atoms. The topological polar surface area (TPSA) is 67.2 Å². The average molecular weight is 477 g/mol. The number of carbonyl (C=O) groups is 1. The Morgan fingerprint density at radius 2 is 1.92 bits per heavy atom. The molecule has 1 fully saturated rings. The van der Waals surface area contributed by atoms with E-state index in [0.717, 1.165) is 58.1 Å². The average Bonchev–Trinajstić information content (AvgIpc) is 3.22. The molecule has 0 spiro atoms. The highest BCUT2D eigenvalue weighted by atomic mass is 16.2. The lowest BCUT2D eigenvalue weighted by atomic mass is 10.0. The van der Waals surface area contributed by atoms with Crippen molar-refractivity contribution in [1.82, 2.24) is 24.4 Å². The number of imidazole rings is 1. The van der Waals surface area contributed by atoms with Crippen molar-refractivity contribution < 1.29 is 4.79 Å². The molecule has 2 aliphatic rings. The van der Waals surface area contributed by atoms with Gasteiger partial charge in [0.1, 0.15) is 5.82 Å². The minimum atomic E-state index is -0.149. The maximum atomic E-state index is 13.5. The van der Waals surface area contributed by atoms with E-state index in [2.05, 4.69) is 57.3 Å². The number of anilines is 1. The fraction of sp³-hybridized carbons (Fsp3) is 0.310. The summed E-state index contributed by atoms with van der Waals surface area (Å²) in [4.78, 5) is 31.8. The summed E-state index contributed by atoms with van der Waals surface area (Å²) in [6.45, 7) is 7.10. The van der Waals surface area contributed by atoms with Crippen molar-refractivity contribution >= 4 is 22.9 Å². The van der Waals surface area contributed by atoms with Gasteiger partial charge in [0.15, 0.2) is 0 Å². The van der Waals surface area contributed by atoms with Gasteiger partial charge in [-0.05, 0) is 56.5 Å². The minimum Gasteiger partial charge on any atom is -0.338 e. The van der Waals surface area contributed by atoms with Crippen LogP contribution in [-0.4, -0.2) is 50.0 Å². The predicted octanol–water partition coefficient (Wildman–Crippen LogP) is 4.99. The zero-order chi connectivity index (χ0) is 25.0. The van der Waals surface area contributed by atoms with Crippen LogP contribution < -0.4 is 4.90 Å². The van der Waals surface area contributed by atoms with Crippen molar-refractivity contribution in [3.05, 3.63) is 65.7 Å². The lowest BCUT2D eigenvalue weighted by Gasteiger charge is -2.38. The second-order valence-corrected chi connectivity index (χ2v) is 9.53. The number of para-hydroxylation sites is 1. The van der Waals surface area contributed by atoms with Crippen LogP contribution in [-0.2, 0) is 0 Å². The molecule has 2 aromatic heterocycles. The summed E-state index contributed by atoms with van der Waals surface area (Å²) in [5.74, 6) is 7.83. The van der Waals surface area contributed by atoms with Gasteiger partial charge in [0.05, 0.1) is 28.3 Å². The van der Waals surface area contributed by atoms with E-state index >= 15 is 0 Å². The third-order valence-corrected chi connectivity index (χ3v) is 7.45. The van der Waals surface area contributed by atoms with E-state index in [9.17, 15) is 4.79 Å². The molecule has 0 radical (unpaired) electrons. The molecule has 1 amide bonds. The summed E-state index contributed by atoms with van der Waals surface area (Å²) in [5, 5.41) is 0. The molecule has 0 N–H and O–H groups in total. The number of amides is 1. The van der Waals surface area contributed by atoms with Crippen molar-refractivity contribution in [2.75, 3.05) is 18.5 Å². The number of aromatic nitrogens is 4. The monoisotopic (exact) mass is 476 g/mol. The molecule has 7 nitrogen and oxygen atoms in total. The highest BCUT2D eigenvalue weighted by Gasteiger charge is 2.34. The van der Waals surface area contributed by atoms with Gasteiger partial charge >= 0.3 is 0 Å². The standard InChI is InChI=1S/C29H28N6O/c1-5-8-19-9-7-10-22-26(19)35-25-15-20(21-16-30-29(31-17-21)34-14-13-18(34)3)11-12-23(25)32-27(35)24(6-2)33(4)28(22)36/h7,9-12,15-18,24H,6,13-14H2,1-4H3. The van der Waals surface area contributed by atoms with Gasteiger partial charge in [-0.2, -0.15) is 0 Å². The molecule has 180 valence electrons. The van der Waals surface area contributed by atoms with Crippen molar-refractivity contribution in [2.45, 2.75) is 45.7 Å². The third-order valence-electron chi connectivity index (χ3n) is 7.45. The smallest absolute Gasteiger partial charge is 0.256 e. The van der Waals surface area contributed by atoms with Crippen LogP contribution in [0.1, 0.15) is 61.4 Å². The molecule has 4 heterocycles. The van der Waals surface area contributed by atoms with Gasteiger partial charge in [-0.1, -0.05) is 25.0 Å². The fourth-order valence-corrected chi connectivity index (χ4v) is 5.32. The highest BCUT2D eigenvalue weighted by molar-refractivity contribution is 6.01. The van der Waals surface area contributed by atoms with E-state index in [1.165, 1.54) is 6.42 Å². The second-order valence-electron chi connectivity index (χ2n) is 9.53. The lowest BCUT2D eigenvalue weighted by molar-refractivity contribution is 0.0726. The Balaban J connectivity index is 1.56. The number of benzene rings is 2. The third kappa shape index (κ3) is 3.29. The lowest BCUT2D eigenvalue weighted by Crippen LogP contribution is -2.46. The Morgan fingerprint density at radius 1 is 1.11 bits per heavy atom. The summed E-state index contributed by atoms with van der Waals surface area (Å²) < 4.78 is 2.14. The van der Waals surface area contributed by atoms with Crippen LogP contribution >= 0.6 is 0 Å². The molecule has 1 saturated heterocycles. The first-order valence-electron chi connectivity index (χ1n) is 12.5. The first-order valence-corrected chi connectivity index (χ1v) is 12.5. The molecule has 36 heavy (non-hydrogen) atoms. The number of carbonyl (C=O) groups excluding carboxylic acids is 1. The van der Waals surface area contributed by atoms with Crippen molar-refractivity contribution in [2.24, 2.45) is 0 Å². The van der Waals surface area contributed by atoms with E-state index < -0.39 is 0 Å². The number of rotatable bonds is 3. The molecule has 4 aromatic rings. The number of hydrogen-bond donors (Lipinski definition) is 0. The summed E-state index contributed by atoms with van der Waals surface area (Å²) in [7, 11) is 1.86. The Morgan fingerprint density at radius 3 is 2.58 bits per heavy atom. The molecular weight excluding hydrogens is 448 g/mol. The molecule has 2 unspecified atom stereocenters. The van der Waals surface area contributed by atoms with Gasteiger partial charge in [0.2, 0.25) is 5.95 Å². The van der Waals surface area contributed by atoms with Crippen molar-refractivity contribution in [3.8, 4) is 28.7 Å². The van der Waals surface area contributed by atoms with E-state index in [0.29, 0.717) is 11.6 Å². The van der Waals surface area contributed by atoms with Gasteiger partial charge in [0, 0.05) is 43.2 Å². The normalized spacial score (nSPS) is 18.7. The molecule has 0 aliphatic carbocycles. The molecule has 6 rings (SSSR count). The summed E-state index contributed by atoms with van der Waals surface area (Å²) >= 11 is 0. The zero-order valence-corrected chi connectivity index (χ0v) is 21.0. The fourth-order valence-electron chi connectivity index (χ4n) is 5.32. The Kier molecular flexibility index (Phi) is 5.26. The molecule has 2 atom stereocenters. The van der Waals surface area contributed by atoms with E-state index in [1.807, 2.05) is 50.6 Å². The zero-order valence-electron chi connectivity index (χ0n) is 21.0. The summed E-state index contributed by atoms with van der Waals surface area (Å²) in [5.41, 5.74) is 6.02. The van der Waals surface area contributed by atoms with E-state index in [4.69, 9.17) is 4.98 Å². The van der Waals surface area contributed by atoms with Crippen LogP contribution in [0.5, 0.6) is 0 Å². The molecule has 2 aliphatic heterocycles. The number of hydrogen-bond acceptors (Lipinski definition) is 5. The Labute approximate surface area is 210 Å². The van der Waals surface area contributed by atoms with Crippen LogP contribution in [0.15, 0.2) is 48.8 Å². The van der Waals surface area contributed by atoms with Gasteiger partial charge in [-0.25, -0.2) is 15.0 Å². The van der Waals surface area contributed by atoms with Gasteiger partial charge in [-0.3, -0.25) is 9.36 Å². The number of nitrogens with zero attached hydrogens (tertiary/aromatic N) is 6. The SMILES string of the molecule is CC#Cc1cccc2c1-n1c(nc3ccc(-c4cnc(N5CCC5C)nc4)cc31)C(CC)N(C)C2=O. The maximum absolute atomic E-state index is 13.5. The quantitative estimate of drug-likeness (QED) is 0.390. The highest BCUT2D eigenvalue weighted by Crippen LogP contribution is 2.38. The van der Waals surface area contributed by atoms with Gasteiger partial charge in [0.25, 0.3) is 5.91 Å². The number of fused-ring (bicyclic) bond motifs is 5. The maximum Gasteiger partial charge on any atom is 0.256 e. The van der Waals surface area contributed by atoms with Crippen LogP contribution in [0, 0.1) is 11.8 Å². The van der Waals surface area contributed by atoms with E-state index in [1.54, 1.807) is 4.90 Å². The van der Waals surface area contributed by atoms with Crippen LogP contribution in [0.4, 0.5) is 5.95 Å². The minimum absolute atomic E-state index is 0.0179. The van der Waals surface area contributed by atoms with Gasteiger partial charge in [-0.15, -0.1) is 5.92 Å². The van der Waals surface area contributed by atoms with Crippen molar-refractivity contribution in [3.63, 3.8) is 0 Å². The first kappa shape index (κ1) is 22.3. The molecular formula is C29H28N6O. The molecule has 2 aromatic carbocycles. The second kappa shape index (κ2) is 8.49. The van der Waals surface area contributed by atoms with E-state index in [-0.39, 0.29) is 11.9 Å². The first-order chi connectivity index (χ1) is 17.5. The Hall–Kier alpha value is -4.18. The molecule has 0 saturated carbocycles. The van der Waals surface area contributed by atoms with Gasteiger partial charge < -0.3 is 9.80 Å². The van der Waals surface area contributed by atoms with Crippen molar-refractivity contribution in [1.29, 1.82) is 0 Å². The Bertz CT molecular complexity index is 1560. The van der Waals surface area contributed by atoms with Crippen LogP contribution in [0.3, 0.4) is 0 Å². The largest absolute Gasteiger partial charge is 0.338 e. The molecule has 7 heteroatoms. The summed E-state index contributed by atoms with van der Waals surface area (Å²) in [6, 6.07) is 12.3. The summed E-state index contributed by atoms with van der Waals surface area (Å²) in [6.07, 6.45) is 5.71.